The molecule has 86 valence electrons. The largest absolute Gasteiger partial charge is 0.385 e. The lowest BCUT2D eigenvalue weighted by atomic mass is 10.3. The van der Waals surface area contributed by atoms with Crippen molar-refractivity contribution in [1.29, 1.82) is 0 Å². The molecule has 0 spiro atoms. The van der Waals surface area contributed by atoms with Gasteiger partial charge in [0.05, 0.1) is 0 Å². The second-order valence-electron chi connectivity index (χ2n) is 4.62. The molecule has 0 aliphatic rings. The Hall–Kier alpha value is 0.270. The van der Waals surface area contributed by atoms with Gasteiger partial charge in [0, 0.05) is 30.3 Å². The maximum Gasteiger partial charge on any atom is 0.0474 e. The van der Waals surface area contributed by atoms with Crippen LogP contribution in [0.3, 0.4) is 0 Å². The minimum atomic E-state index is 0.377. The molecule has 3 heteroatoms. The summed E-state index contributed by atoms with van der Waals surface area (Å²) < 4.78 is 5.37. The molecule has 0 heterocycles. The molecule has 0 fully saturated rings. The van der Waals surface area contributed by atoms with Crippen molar-refractivity contribution >= 4 is 11.8 Å². The zero-order valence-electron chi connectivity index (χ0n) is 10.2. The summed E-state index contributed by atoms with van der Waals surface area (Å²) in [6, 6.07) is 0.594. The molecule has 0 aromatic heterocycles. The van der Waals surface area contributed by atoms with Crippen molar-refractivity contribution in [2.24, 2.45) is 0 Å². The molecule has 0 aromatic rings. The first kappa shape index (κ1) is 14.3. The summed E-state index contributed by atoms with van der Waals surface area (Å²) in [5, 5.41) is 3.49. The van der Waals surface area contributed by atoms with Gasteiger partial charge in [0.2, 0.25) is 0 Å². The van der Waals surface area contributed by atoms with E-state index in [9.17, 15) is 0 Å². The van der Waals surface area contributed by atoms with E-state index < -0.39 is 0 Å². The van der Waals surface area contributed by atoms with Gasteiger partial charge >= 0.3 is 0 Å². The molecule has 1 unspecified atom stereocenters. The van der Waals surface area contributed by atoms with E-state index in [0.717, 1.165) is 19.6 Å². The van der Waals surface area contributed by atoms with Crippen molar-refractivity contribution in [3.05, 3.63) is 0 Å². The van der Waals surface area contributed by atoms with Crippen LogP contribution in [0.1, 0.15) is 34.1 Å². The molecule has 0 bridgehead atoms. The van der Waals surface area contributed by atoms with Crippen molar-refractivity contribution in [3.8, 4) is 0 Å². The maximum absolute atomic E-state index is 4.99. The standard InChI is InChI=1S/C11H25NOS/c1-10(9-14-11(2,3)4)12-7-6-8-13-5/h10,12H,6-9H2,1-5H3. The Kier molecular flexibility index (Phi) is 7.69. The number of ether oxygens (including phenoxy) is 1. The van der Waals surface area contributed by atoms with E-state index in [-0.39, 0.29) is 0 Å². The van der Waals surface area contributed by atoms with Gasteiger partial charge in [-0.3, -0.25) is 0 Å². The van der Waals surface area contributed by atoms with Crippen LogP contribution < -0.4 is 5.32 Å². The predicted molar refractivity (Wildman–Crippen MR) is 66.2 cm³/mol. The first-order valence-electron chi connectivity index (χ1n) is 5.32. The Labute approximate surface area is 93.2 Å². The summed E-state index contributed by atoms with van der Waals surface area (Å²) in [6.45, 7) is 10.9. The Morgan fingerprint density at radius 3 is 2.50 bits per heavy atom. The highest BCUT2D eigenvalue weighted by Gasteiger charge is 2.12. The lowest BCUT2D eigenvalue weighted by Crippen LogP contribution is -2.31. The number of rotatable bonds is 7. The lowest BCUT2D eigenvalue weighted by molar-refractivity contribution is 0.193. The van der Waals surface area contributed by atoms with Crippen LogP contribution >= 0.6 is 11.8 Å². The lowest BCUT2D eigenvalue weighted by Gasteiger charge is -2.21. The summed E-state index contributed by atoms with van der Waals surface area (Å²) >= 11 is 2.01. The number of hydrogen-bond donors (Lipinski definition) is 1. The van der Waals surface area contributed by atoms with Crippen LogP contribution in [0.25, 0.3) is 0 Å². The van der Waals surface area contributed by atoms with E-state index in [2.05, 4.69) is 33.0 Å². The van der Waals surface area contributed by atoms with E-state index in [1.165, 1.54) is 5.75 Å². The molecule has 14 heavy (non-hydrogen) atoms. The second-order valence-corrected chi connectivity index (χ2v) is 6.47. The Morgan fingerprint density at radius 2 is 2.00 bits per heavy atom. The smallest absolute Gasteiger partial charge is 0.0474 e. The third-order valence-corrected chi connectivity index (χ3v) is 3.32. The van der Waals surface area contributed by atoms with Gasteiger partial charge in [0.15, 0.2) is 0 Å². The third-order valence-electron chi connectivity index (χ3n) is 1.78. The van der Waals surface area contributed by atoms with Crippen LogP contribution in [-0.2, 0) is 4.74 Å². The van der Waals surface area contributed by atoms with Gasteiger partial charge in [-0.15, -0.1) is 0 Å². The fourth-order valence-electron chi connectivity index (χ4n) is 0.999. The summed E-state index contributed by atoms with van der Waals surface area (Å²) in [7, 11) is 1.75. The van der Waals surface area contributed by atoms with Gasteiger partial charge in [-0.25, -0.2) is 0 Å². The molecule has 0 amide bonds. The SMILES string of the molecule is COCCCNC(C)CSC(C)(C)C. The quantitative estimate of drug-likeness (QED) is 0.665. The van der Waals surface area contributed by atoms with E-state index in [0.29, 0.717) is 10.8 Å². The van der Waals surface area contributed by atoms with Crippen molar-refractivity contribution in [2.45, 2.75) is 44.9 Å². The fraction of sp³-hybridized carbons (Fsp3) is 1.00. The minimum Gasteiger partial charge on any atom is -0.385 e. The summed E-state index contributed by atoms with van der Waals surface area (Å²) in [5.41, 5.74) is 0. The molecular weight excluding hydrogens is 194 g/mol. The second kappa shape index (κ2) is 7.55. The van der Waals surface area contributed by atoms with Gasteiger partial charge < -0.3 is 10.1 Å². The van der Waals surface area contributed by atoms with E-state index in [1.807, 2.05) is 11.8 Å². The van der Waals surface area contributed by atoms with Gasteiger partial charge in [-0.1, -0.05) is 20.8 Å². The van der Waals surface area contributed by atoms with Gasteiger partial charge in [0.1, 0.15) is 0 Å². The summed E-state index contributed by atoms with van der Waals surface area (Å²) in [5.74, 6) is 1.18. The molecule has 2 nitrogen and oxygen atoms in total. The van der Waals surface area contributed by atoms with Crippen LogP contribution in [-0.4, -0.2) is 36.8 Å². The van der Waals surface area contributed by atoms with E-state index >= 15 is 0 Å². The van der Waals surface area contributed by atoms with Crippen LogP contribution in [0.4, 0.5) is 0 Å². The van der Waals surface area contributed by atoms with Gasteiger partial charge in [-0.05, 0) is 19.9 Å². The van der Waals surface area contributed by atoms with Crippen LogP contribution in [0, 0.1) is 0 Å². The van der Waals surface area contributed by atoms with Crippen molar-refractivity contribution in [2.75, 3.05) is 26.0 Å². The highest BCUT2D eigenvalue weighted by atomic mass is 32.2. The molecule has 0 aromatic carbocycles. The average Bonchev–Trinajstić information content (AvgIpc) is 2.08. The number of hydrogen-bond acceptors (Lipinski definition) is 3. The minimum absolute atomic E-state index is 0.377. The maximum atomic E-state index is 4.99. The molecular formula is C11H25NOS. The topological polar surface area (TPSA) is 21.3 Å². The number of thioether (sulfide) groups is 1. The highest BCUT2D eigenvalue weighted by Crippen LogP contribution is 2.23. The molecule has 1 N–H and O–H groups in total. The van der Waals surface area contributed by atoms with Crippen LogP contribution in [0.2, 0.25) is 0 Å². The molecule has 0 aliphatic carbocycles. The van der Waals surface area contributed by atoms with Crippen LogP contribution in [0.15, 0.2) is 0 Å². The van der Waals surface area contributed by atoms with E-state index in [4.69, 9.17) is 4.74 Å². The molecule has 0 saturated carbocycles. The molecule has 1 atom stereocenters. The third kappa shape index (κ3) is 10.4. The highest BCUT2D eigenvalue weighted by molar-refractivity contribution is 8.00. The number of nitrogens with one attached hydrogen (secondary N) is 1. The zero-order valence-corrected chi connectivity index (χ0v) is 11.0. The van der Waals surface area contributed by atoms with Crippen molar-refractivity contribution in [3.63, 3.8) is 0 Å². The number of methoxy groups -OCH3 is 1. The fourth-order valence-corrected chi connectivity index (χ4v) is 1.87. The molecule has 0 radical (unpaired) electrons. The molecule has 0 aliphatic heterocycles. The first-order valence-corrected chi connectivity index (χ1v) is 6.30. The predicted octanol–water partition coefficient (Wildman–Crippen LogP) is 2.53. The monoisotopic (exact) mass is 219 g/mol. The first-order chi connectivity index (χ1) is 6.45. The van der Waals surface area contributed by atoms with E-state index in [1.54, 1.807) is 7.11 Å². The van der Waals surface area contributed by atoms with Gasteiger partial charge in [-0.2, -0.15) is 11.8 Å². The summed E-state index contributed by atoms with van der Waals surface area (Å²) in [6.07, 6.45) is 1.10. The normalized spacial score (nSPS) is 14.4. The van der Waals surface area contributed by atoms with Crippen LogP contribution in [0.5, 0.6) is 0 Å². The Morgan fingerprint density at radius 1 is 1.36 bits per heavy atom. The molecule has 0 rings (SSSR count). The average molecular weight is 219 g/mol. The Bertz CT molecular complexity index is 134. The zero-order chi connectivity index (χ0) is 11.0. The van der Waals surface area contributed by atoms with Gasteiger partial charge in [0.25, 0.3) is 0 Å². The van der Waals surface area contributed by atoms with Crippen molar-refractivity contribution < 1.29 is 4.74 Å². The summed E-state index contributed by atoms with van der Waals surface area (Å²) in [4.78, 5) is 0. The molecule has 0 saturated heterocycles. The van der Waals surface area contributed by atoms with Crippen molar-refractivity contribution in [1.82, 2.24) is 5.32 Å². The Balaban J connectivity index is 3.32.